The second-order valence-corrected chi connectivity index (χ2v) is 3.56. The van der Waals surface area contributed by atoms with Gasteiger partial charge in [-0.15, -0.1) is 0 Å². The zero-order valence-corrected chi connectivity index (χ0v) is 8.94. The second-order valence-electron chi connectivity index (χ2n) is 3.15. The highest BCUT2D eigenvalue weighted by Crippen LogP contribution is 2.20. The fourth-order valence-corrected chi connectivity index (χ4v) is 1.66. The first-order valence-electron chi connectivity index (χ1n) is 4.53. The van der Waals surface area contributed by atoms with Crippen LogP contribution in [0.3, 0.4) is 0 Å². The molecule has 0 atom stereocenters. The van der Waals surface area contributed by atoms with Gasteiger partial charge in [-0.05, 0) is 30.3 Å². The van der Waals surface area contributed by atoms with Crippen LogP contribution in [0.4, 0.5) is 0 Å². The summed E-state index contributed by atoms with van der Waals surface area (Å²) in [4.78, 5) is 0. The number of nitrogens with zero attached hydrogens (tertiary/aromatic N) is 3. The molecule has 2 aromatic rings. The average molecular weight is 228 g/mol. The van der Waals surface area contributed by atoms with E-state index in [1.165, 1.54) is 0 Å². The van der Waals surface area contributed by atoms with Crippen LogP contribution in [-0.4, -0.2) is 4.57 Å². The second kappa shape index (κ2) is 4.10. The van der Waals surface area contributed by atoms with Gasteiger partial charge in [0.1, 0.15) is 17.8 Å². The lowest BCUT2D eigenvalue weighted by molar-refractivity contribution is 1.05. The third kappa shape index (κ3) is 1.65. The summed E-state index contributed by atoms with van der Waals surface area (Å²) < 4.78 is 1.72. The van der Waals surface area contributed by atoms with Crippen molar-refractivity contribution >= 4 is 11.6 Å². The lowest BCUT2D eigenvalue weighted by atomic mass is 10.2. The lowest BCUT2D eigenvalue weighted by Gasteiger charge is -2.05. The third-order valence-corrected chi connectivity index (χ3v) is 2.53. The van der Waals surface area contributed by atoms with E-state index in [-0.39, 0.29) is 0 Å². The summed E-state index contributed by atoms with van der Waals surface area (Å²) >= 11 is 5.92. The standard InChI is InChI=1S/C12H6ClN3/c13-12-6-10(4-3-9(12)7-14)16-5-1-2-11(16)8-15/h1-6H. The highest BCUT2D eigenvalue weighted by Gasteiger charge is 2.05. The van der Waals surface area contributed by atoms with Gasteiger partial charge in [-0.25, -0.2) is 0 Å². The highest BCUT2D eigenvalue weighted by atomic mass is 35.5. The highest BCUT2D eigenvalue weighted by molar-refractivity contribution is 6.31. The smallest absolute Gasteiger partial charge is 0.124 e. The summed E-state index contributed by atoms with van der Waals surface area (Å²) in [6, 6.07) is 12.6. The van der Waals surface area contributed by atoms with E-state index < -0.39 is 0 Å². The Morgan fingerprint density at radius 3 is 2.56 bits per heavy atom. The van der Waals surface area contributed by atoms with Crippen LogP contribution in [0, 0.1) is 22.7 Å². The van der Waals surface area contributed by atoms with Gasteiger partial charge >= 0.3 is 0 Å². The van der Waals surface area contributed by atoms with Crippen LogP contribution in [0.25, 0.3) is 5.69 Å². The summed E-state index contributed by atoms with van der Waals surface area (Å²) in [6.07, 6.45) is 1.77. The van der Waals surface area contributed by atoms with Crippen LogP contribution in [0.1, 0.15) is 11.3 Å². The van der Waals surface area contributed by atoms with Gasteiger partial charge in [0, 0.05) is 11.9 Å². The molecule has 1 aromatic carbocycles. The molecule has 3 nitrogen and oxygen atoms in total. The van der Waals surface area contributed by atoms with Gasteiger partial charge in [-0.2, -0.15) is 10.5 Å². The van der Waals surface area contributed by atoms with Crippen LogP contribution in [-0.2, 0) is 0 Å². The molecular weight excluding hydrogens is 222 g/mol. The van der Waals surface area contributed by atoms with Crippen molar-refractivity contribution < 1.29 is 0 Å². The molecule has 4 heteroatoms. The van der Waals surface area contributed by atoms with Crippen LogP contribution in [0.15, 0.2) is 36.5 Å². The first-order chi connectivity index (χ1) is 7.76. The molecule has 0 aliphatic carbocycles. The van der Waals surface area contributed by atoms with Crippen molar-refractivity contribution in [3.63, 3.8) is 0 Å². The van der Waals surface area contributed by atoms with Crippen molar-refractivity contribution in [2.45, 2.75) is 0 Å². The molecule has 0 saturated heterocycles. The largest absolute Gasteiger partial charge is 0.308 e. The summed E-state index contributed by atoms with van der Waals surface area (Å²) in [6.45, 7) is 0. The Balaban J connectivity index is 2.56. The summed E-state index contributed by atoms with van der Waals surface area (Å²) in [7, 11) is 0. The molecule has 0 saturated carbocycles. The molecule has 0 unspecified atom stereocenters. The predicted molar refractivity (Wildman–Crippen MR) is 60.2 cm³/mol. The molecule has 2 rings (SSSR count). The number of aromatic nitrogens is 1. The van der Waals surface area contributed by atoms with Gasteiger partial charge < -0.3 is 4.57 Å². The van der Waals surface area contributed by atoms with Crippen molar-refractivity contribution in [1.82, 2.24) is 4.57 Å². The van der Waals surface area contributed by atoms with E-state index in [1.54, 1.807) is 41.1 Å². The summed E-state index contributed by atoms with van der Waals surface area (Å²) in [5.41, 5.74) is 1.72. The quantitative estimate of drug-likeness (QED) is 0.752. The predicted octanol–water partition coefficient (Wildman–Crippen LogP) is 2.87. The monoisotopic (exact) mass is 227 g/mol. The third-order valence-electron chi connectivity index (χ3n) is 2.21. The molecule has 0 fully saturated rings. The molecule has 0 bridgehead atoms. The van der Waals surface area contributed by atoms with Gasteiger partial charge in [-0.3, -0.25) is 0 Å². The first-order valence-corrected chi connectivity index (χ1v) is 4.91. The Kier molecular flexibility index (Phi) is 2.64. The average Bonchev–Trinajstić information content (AvgIpc) is 2.77. The Labute approximate surface area is 97.7 Å². The van der Waals surface area contributed by atoms with Crippen molar-refractivity contribution in [3.05, 3.63) is 52.8 Å². The molecule has 0 aliphatic heterocycles. The Morgan fingerprint density at radius 1 is 1.12 bits per heavy atom. The van der Waals surface area contributed by atoms with Gasteiger partial charge in [0.25, 0.3) is 0 Å². The lowest BCUT2D eigenvalue weighted by Crippen LogP contribution is -1.95. The fourth-order valence-electron chi connectivity index (χ4n) is 1.44. The normalized spacial score (nSPS) is 9.44. The molecule has 0 aliphatic rings. The Hall–Kier alpha value is -2.23. The van der Waals surface area contributed by atoms with Gasteiger partial charge in [0.2, 0.25) is 0 Å². The van der Waals surface area contributed by atoms with E-state index in [4.69, 9.17) is 22.1 Å². The van der Waals surface area contributed by atoms with Crippen molar-refractivity contribution in [2.24, 2.45) is 0 Å². The van der Waals surface area contributed by atoms with Crippen LogP contribution >= 0.6 is 11.6 Å². The molecule has 76 valence electrons. The van der Waals surface area contributed by atoms with Crippen molar-refractivity contribution in [3.8, 4) is 17.8 Å². The number of halogens is 1. The van der Waals surface area contributed by atoms with E-state index >= 15 is 0 Å². The maximum atomic E-state index is 8.88. The van der Waals surface area contributed by atoms with Crippen LogP contribution < -0.4 is 0 Å². The fraction of sp³-hybridized carbons (Fsp3) is 0. The molecule has 0 spiro atoms. The van der Waals surface area contributed by atoms with Gasteiger partial charge in [0.05, 0.1) is 10.6 Å². The topological polar surface area (TPSA) is 52.5 Å². The van der Waals surface area contributed by atoms with E-state index in [0.717, 1.165) is 5.69 Å². The van der Waals surface area contributed by atoms with E-state index in [2.05, 4.69) is 6.07 Å². The van der Waals surface area contributed by atoms with Crippen LogP contribution in [0.2, 0.25) is 5.02 Å². The number of hydrogen-bond acceptors (Lipinski definition) is 2. The number of benzene rings is 1. The van der Waals surface area contributed by atoms with Crippen LogP contribution in [0.5, 0.6) is 0 Å². The van der Waals surface area contributed by atoms with Crippen molar-refractivity contribution in [2.75, 3.05) is 0 Å². The van der Waals surface area contributed by atoms with E-state index in [0.29, 0.717) is 16.3 Å². The zero-order valence-electron chi connectivity index (χ0n) is 8.18. The van der Waals surface area contributed by atoms with Gasteiger partial charge in [0.15, 0.2) is 0 Å². The maximum absolute atomic E-state index is 8.88. The van der Waals surface area contributed by atoms with Gasteiger partial charge in [-0.1, -0.05) is 11.6 Å². The number of nitriles is 2. The first kappa shape index (κ1) is 10.3. The number of rotatable bonds is 1. The minimum atomic E-state index is 0.387. The molecule has 1 heterocycles. The van der Waals surface area contributed by atoms with Crippen molar-refractivity contribution in [1.29, 1.82) is 10.5 Å². The molecule has 1 aromatic heterocycles. The SMILES string of the molecule is N#Cc1ccc(-n2cccc2C#N)cc1Cl. The zero-order chi connectivity index (χ0) is 11.5. The molecule has 16 heavy (non-hydrogen) atoms. The minimum Gasteiger partial charge on any atom is -0.308 e. The van der Waals surface area contributed by atoms with E-state index in [1.807, 2.05) is 6.07 Å². The Bertz CT molecular complexity index is 614. The summed E-state index contributed by atoms with van der Waals surface area (Å²) in [5.74, 6) is 0. The Morgan fingerprint density at radius 2 is 1.94 bits per heavy atom. The molecule has 0 radical (unpaired) electrons. The summed E-state index contributed by atoms with van der Waals surface area (Å²) in [5, 5.41) is 18.0. The molecule has 0 amide bonds. The number of hydrogen-bond donors (Lipinski definition) is 0. The van der Waals surface area contributed by atoms with E-state index in [9.17, 15) is 0 Å². The minimum absolute atomic E-state index is 0.387. The maximum Gasteiger partial charge on any atom is 0.124 e. The molecular formula is C12H6ClN3. The molecule has 0 N–H and O–H groups in total.